The molecular weight excluding hydrogens is 681 g/mol. The second-order valence-corrected chi connectivity index (χ2v) is 15.6. The molecule has 0 radical (unpaired) electrons. The van der Waals surface area contributed by atoms with Crippen LogP contribution in [0, 0.1) is 0 Å². The molecular formula is C41H78N2O8S. The molecule has 10 nitrogen and oxygen atoms in total. The Balaban J connectivity index is 4.44. The number of carbonyl (C=O) groups excluding carboxylic acids is 3. The summed E-state index contributed by atoms with van der Waals surface area (Å²) in [5.74, 6) is -2.31. The summed E-state index contributed by atoms with van der Waals surface area (Å²) in [7, 11) is 0. The molecule has 0 spiro atoms. The Labute approximate surface area is 321 Å². The van der Waals surface area contributed by atoms with Crippen LogP contribution >= 0.6 is 11.8 Å². The second-order valence-electron chi connectivity index (χ2n) is 14.5. The Kier molecular flexibility index (Phi) is 36.1. The van der Waals surface area contributed by atoms with Gasteiger partial charge in [0.05, 0.1) is 12.6 Å². The lowest BCUT2D eigenvalue weighted by Gasteiger charge is -2.19. The van der Waals surface area contributed by atoms with E-state index in [2.05, 4.69) is 19.2 Å². The van der Waals surface area contributed by atoms with E-state index in [1.165, 1.54) is 140 Å². The van der Waals surface area contributed by atoms with Crippen molar-refractivity contribution in [2.75, 3.05) is 24.7 Å². The molecule has 0 heterocycles. The largest absolute Gasteiger partial charge is 0.480 e. The number of thioether (sulfide) groups is 1. The molecule has 0 bridgehead atoms. The van der Waals surface area contributed by atoms with Gasteiger partial charge in [0.15, 0.2) is 0 Å². The Morgan fingerprint density at radius 1 is 0.596 bits per heavy atom. The summed E-state index contributed by atoms with van der Waals surface area (Å²) in [5.41, 5.74) is 5.93. The van der Waals surface area contributed by atoms with Crippen LogP contribution in [0.1, 0.15) is 194 Å². The van der Waals surface area contributed by atoms with Gasteiger partial charge < -0.3 is 30.7 Å². The van der Waals surface area contributed by atoms with Crippen LogP contribution in [0.3, 0.4) is 0 Å². The first kappa shape index (κ1) is 50.1. The van der Waals surface area contributed by atoms with Gasteiger partial charge in [-0.2, -0.15) is 11.8 Å². The van der Waals surface area contributed by atoms with Crippen molar-refractivity contribution in [1.29, 1.82) is 0 Å². The highest BCUT2D eigenvalue weighted by Gasteiger charge is 2.24. The lowest BCUT2D eigenvalue weighted by atomic mass is 10.0. The van der Waals surface area contributed by atoms with Crippen molar-refractivity contribution in [3.63, 3.8) is 0 Å². The van der Waals surface area contributed by atoms with E-state index in [9.17, 15) is 19.2 Å². The second kappa shape index (κ2) is 37.5. The number of carboxylic acids is 1. The highest BCUT2D eigenvalue weighted by atomic mass is 32.2. The number of ether oxygens (including phenoxy) is 2. The standard InChI is InChI=1S/C41H78N2O8S/c1-3-5-7-9-11-13-15-17-19-21-23-25-27-29-38(45)50-32-35(33-52-34-36(42)40(47)43-37(31-44)41(48)49)51-39(46)30-28-26-24-22-20-18-16-14-12-10-8-6-4-2/h35-37,44H,3-34,42H2,1-2H3,(H,43,47)(H,48,49)/t35?,36-,37-/m1/s1. The summed E-state index contributed by atoms with van der Waals surface area (Å²) in [6, 6.07) is -2.46. The Morgan fingerprint density at radius 2 is 0.981 bits per heavy atom. The molecule has 306 valence electrons. The van der Waals surface area contributed by atoms with E-state index in [0.717, 1.165) is 38.5 Å². The van der Waals surface area contributed by atoms with Crippen molar-refractivity contribution in [3.05, 3.63) is 0 Å². The Hall–Kier alpha value is -1.85. The predicted octanol–water partition coefficient (Wildman–Crippen LogP) is 9.03. The zero-order chi connectivity index (χ0) is 38.5. The lowest BCUT2D eigenvalue weighted by Crippen LogP contribution is -2.50. The minimum absolute atomic E-state index is 0.0678. The number of rotatable bonds is 39. The number of esters is 2. The molecule has 52 heavy (non-hydrogen) atoms. The monoisotopic (exact) mass is 759 g/mol. The van der Waals surface area contributed by atoms with E-state index in [0.29, 0.717) is 12.8 Å². The maximum Gasteiger partial charge on any atom is 0.328 e. The number of amides is 1. The first-order chi connectivity index (χ1) is 25.2. The van der Waals surface area contributed by atoms with E-state index in [1.807, 2.05) is 0 Å². The van der Waals surface area contributed by atoms with Crippen LogP contribution in [0.15, 0.2) is 0 Å². The molecule has 1 amide bonds. The van der Waals surface area contributed by atoms with Gasteiger partial charge in [-0.1, -0.05) is 168 Å². The summed E-state index contributed by atoms with van der Waals surface area (Å²) >= 11 is 1.26. The van der Waals surface area contributed by atoms with E-state index >= 15 is 0 Å². The molecule has 11 heteroatoms. The summed E-state index contributed by atoms with van der Waals surface area (Å²) < 4.78 is 11.2. The molecule has 0 saturated heterocycles. The summed E-state index contributed by atoms with van der Waals surface area (Å²) in [5, 5.41) is 20.4. The molecule has 1 unspecified atom stereocenters. The smallest absolute Gasteiger partial charge is 0.328 e. The zero-order valence-corrected chi connectivity index (χ0v) is 34.0. The minimum atomic E-state index is -1.43. The van der Waals surface area contributed by atoms with Crippen LogP contribution in [0.4, 0.5) is 0 Å². The maximum atomic E-state index is 12.7. The first-order valence-electron chi connectivity index (χ1n) is 21.1. The van der Waals surface area contributed by atoms with Crippen LogP contribution in [0.25, 0.3) is 0 Å². The quantitative estimate of drug-likeness (QED) is 0.0351. The number of aliphatic hydroxyl groups excluding tert-OH is 1. The van der Waals surface area contributed by atoms with Crippen molar-refractivity contribution >= 4 is 35.6 Å². The van der Waals surface area contributed by atoms with Gasteiger partial charge >= 0.3 is 17.9 Å². The fourth-order valence-electron chi connectivity index (χ4n) is 6.06. The molecule has 0 rings (SSSR count). The number of unbranched alkanes of at least 4 members (excludes halogenated alkanes) is 24. The molecule has 0 aromatic carbocycles. The first-order valence-corrected chi connectivity index (χ1v) is 22.2. The molecule has 0 aliphatic carbocycles. The molecule has 3 atom stereocenters. The van der Waals surface area contributed by atoms with Crippen LogP contribution in [0.2, 0.25) is 0 Å². The topological polar surface area (TPSA) is 165 Å². The third-order valence-corrected chi connectivity index (χ3v) is 10.6. The van der Waals surface area contributed by atoms with Crippen molar-refractivity contribution in [2.24, 2.45) is 5.73 Å². The number of carboxylic acid groups (broad SMARTS) is 1. The van der Waals surface area contributed by atoms with Crippen molar-refractivity contribution in [1.82, 2.24) is 5.32 Å². The van der Waals surface area contributed by atoms with Gasteiger partial charge in [0.2, 0.25) is 5.91 Å². The van der Waals surface area contributed by atoms with Crippen LogP contribution in [-0.4, -0.2) is 76.9 Å². The van der Waals surface area contributed by atoms with Crippen LogP contribution in [-0.2, 0) is 28.7 Å². The van der Waals surface area contributed by atoms with Gasteiger partial charge in [-0.15, -0.1) is 0 Å². The number of carbonyl (C=O) groups is 4. The third kappa shape index (κ3) is 32.8. The van der Waals surface area contributed by atoms with E-state index < -0.39 is 36.7 Å². The lowest BCUT2D eigenvalue weighted by molar-refractivity contribution is -0.157. The zero-order valence-electron chi connectivity index (χ0n) is 33.2. The number of hydrogen-bond donors (Lipinski definition) is 4. The van der Waals surface area contributed by atoms with Gasteiger partial charge in [-0.3, -0.25) is 14.4 Å². The predicted molar refractivity (Wildman–Crippen MR) is 213 cm³/mol. The van der Waals surface area contributed by atoms with Crippen molar-refractivity contribution < 1.29 is 38.9 Å². The molecule has 0 fully saturated rings. The Morgan fingerprint density at radius 3 is 1.37 bits per heavy atom. The fraction of sp³-hybridized carbons (Fsp3) is 0.902. The third-order valence-electron chi connectivity index (χ3n) is 9.43. The van der Waals surface area contributed by atoms with Gasteiger partial charge in [-0.05, 0) is 12.8 Å². The van der Waals surface area contributed by atoms with E-state index in [-0.39, 0.29) is 30.1 Å². The normalized spacial score (nSPS) is 13.0. The average molecular weight is 759 g/mol. The molecule has 0 aliphatic rings. The maximum absolute atomic E-state index is 12.7. The average Bonchev–Trinajstić information content (AvgIpc) is 3.12. The number of hydrogen-bond acceptors (Lipinski definition) is 9. The minimum Gasteiger partial charge on any atom is -0.480 e. The van der Waals surface area contributed by atoms with Crippen LogP contribution in [0.5, 0.6) is 0 Å². The summed E-state index contributed by atoms with van der Waals surface area (Å²) in [6.07, 6.45) is 31.7. The fourth-order valence-corrected chi connectivity index (χ4v) is 7.03. The van der Waals surface area contributed by atoms with Gasteiger partial charge in [0.25, 0.3) is 0 Å². The van der Waals surface area contributed by atoms with Gasteiger partial charge in [0.1, 0.15) is 18.8 Å². The summed E-state index contributed by atoms with van der Waals surface area (Å²) in [4.78, 5) is 48.6. The van der Waals surface area contributed by atoms with Crippen LogP contribution < -0.4 is 11.1 Å². The molecule has 0 aromatic heterocycles. The van der Waals surface area contributed by atoms with Gasteiger partial charge in [-0.25, -0.2) is 4.79 Å². The van der Waals surface area contributed by atoms with E-state index in [1.54, 1.807) is 0 Å². The van der Waals surface area contributed by atoms with Crippen molar-refractivity contribution in [2.45, 2.75) is 212 Å². The number of nitrogens with one attached hydrogen (secondary N) is 1. The number of nitrogens with two attached hydrogens (primary N) is 1. The SMILES string of the molecule is CCCCCCCCCCCCCCCC(=O)OCC(CSC[C@@H](N)C(=O)N[C@H](CO)C(=O)O)OC(=O)CCCCCCCCCCCCCCC. The molecule has 0 aliphatic heterocycles. The molecule has 5 N–H and O–H groups in total. The van der Waals surface area contributed by atoms with Gasteiger partial charge in [0, 0.05) is 24.3 Å². The number of aliphatic hydroxyl groups is 1. The molecule has 0 aromatic rings. The number of aliphatic carboxylic acids is 1. The van der Waals surface area contributed by atoms with Crippen molar-refractivity contribution in [3.8, 4) is 0 Å². The summed E-state index contributed by atoms with van der Waals surface area (Å²) in [6.45, 7) is 3.68. The highest BCUT2D eigenvalue weighted by molar-refractivity contribution is 7.99. The Bertz CT molecular complexity index is 878. The molecule has 0 saturated carbocycles. The highest BCUT2D eigenvalue weighted by Crippen LogP contribution is 2.16. The van der Waals surface area contributed by atoms with E-state index in [4.69, 9.17) is 25.4 Å².